The quantitative estimate of drug-likeness (QED) is 0.836. The summed E-state index contributed by atoms with van der Waals surface area (Å²) in [6, 6.07) is 1.56. The van der Waals surface area contributed by atoms with E-state index < -0.39 is 63.6 Å². The van der Waals surface area contributed by atoms with Crippen LogP contribution in [0.1, 0.15) is 0 Å². The molecule has 1 fully saturated rings. The number of halogens is 5. The highest BCUT2D eigenvalue weighted by molar-refractivity contribution is 7.89. The van der Waals surface area contributed by atoms with Crippen LogP contribution in [0, 0.1) is 23.5 Å². The van der Waals surface area contributed by atoms with Gasteiger partial charge in [-0.3, -0.25) is 4.79 Å². The number of hydrogen-bond donors (Lipinski definition) is 1. The summed E-state index contributed by atoms with van der Waals surface area (Å²) < 4.78 is 89.3. The Morgan fingerprint density at radius 1 is 1.17 bits per heavy atom. The molecule has 1 aromatic carbocycles. The Labute approximate surface area is 127 Å². The van der Waals surface area contributed by atoms with E-state index in [1.54, 1.807) is 0 Å². The average molecular weight is 359 g/mol. The molecule has 0 amide bonds. The number of benzene rings is 1. The Kier molecular flexibility index (Phi) is 4.37. The number of hydrogen-bond acceptors (Lipinski definition) is 3. The lowest BCUT2D eigenvalue weighted by Gasteiger charge is -2.18. The van der Waals surface area contributed by atoms with Crippen LogP contribution in [0.2, 0.25) is 0 Å². The summed E-state index contributed by atoms with van der Waals surface area (Å²) in [5.74, 6) is -8.92. The molecule has 11 heteroatoms. The molecule has 0 spiro atoms. The van der Waals surface area contributed by atoms with Gasteiger partial charge in [-0.2, -0.15) is 17.5 Å². The number of alkyl halides is 3. The standard InChI is InChI=1S/C12H10F5NO4S/c13-9-2-1-6(3-10(9)14)23(21,22)18-4-7(11(19)20)8(5-18)12(15,16)17/h1-3,7-8H,4-5H2,(H,19,20)/t7-,8-/m1/s1. The van der Waals surface area contributed by atoms with Crippen molar-refractivity contribution in [3.8, 4) is 0 Å². The van der Waals surface area contributed by atoms with E-state index in [0.717, 1.165) is 0 Å². The minimum atomic E-state index is -4.90. The number of carbonyl (C=O) groups is 1. The Morgan fingerprint density at radius 2 is 1.78 bits per heavy atom. The van der Waals surface area contributed by atoms with E-state index >= 15 is 0 Å². The van der Waals surface area contributed by atoms with Gasteiger partial charge < -0.3 is 5.11 Å². The van der Waals surface area contributed by atoms with Crippen LogP contribution in [-0.4, -0.2) is 43.1 Å². The average Bonchev–Trinajstić information content (AvgIpc) is 2.87. The summed E-state index contributed by atoms with van der Waals surface area (Å²) in [4.78, 5) is 10.2. The summed E-state index contributed by atoms with van der Waals surface area (Å²) in [7, 11) is -4.57. The molecule has 2 atom stereocenters. The summed E-state index contributed by atoms with van der Waals surface area (Å²) in [5, 5.41) is 8.85. The maximum atomic E-state index is 13.1. The van der Waals surface area contributed by atoms with Gasteiger partial charge in [0.05, 0.1) is 16.7 Å². The maximum Gasteiger partial charge on any atom is 0.393 e. The lowest BCUT2D eigenvalue weighted by Crippen LogP contribution is -2.34. The van der Waals surface area contributed by atoms with Gasteiger partial charge in [-0.15, -0.1) is 0 Å². The molecule has 1 aliphatic rings. The number of carboxylic acids is 1. The van der Waals surface area contributed by atoms with Gasteiger partial charge in [0.15, 0.2) is 11.6 Å². The number of sulfonamides is 1. The molecule has 0 radical (unpaired) electrons. The molecule has 1 aliphatic heterocycles. The van der Waals surface area contributed by atoms with E-state index in [0.29, 0.717) is 22.5 Å². The SMILES string of the molecule is O=C(O)[C@@H]1CN(S(=O)(=O)c2ccc(F)c(F)c2)C[C@H]1C(F)(F)F. The minimum absolute atomic E-state index is 0.316. The van der Waals surface area contributed by atoms with Crippen molar-refractivity contribution in [2.45, 2.75) is 11.1 Å². The van der Waals surface area contributed by atoms with Crippen molar-refractivity contribution < 1.29 is 40.3 Å². The van der Waals surface area contributed by atoms with E-state index in [1.165, 1.54) is 0 Å². The van der Waals surface area contributed by atoms with Gasteiger partial charge in [-0.05, 0) is 18.2 Å². The third kappa shape index (κ3) is 3.29. The monoisotopic (exact) mass is 359 g/mol. The Morgan fingerprint density at radius 3 is 2.22 bits per heavy atom. The topological polar surface area (TPSA) is 74.7 Å². The normalized spacial score (nSPS) is 23.2. The molecule has 0 unspecified atom stereocenters. The highest BCUT2D eigenvalue weighted by Gasteiger charge is 2.55. The predicted octanol–water partition coefficient (Wildman–Crippen LogP) is 1.85. The second-order valence-electron chi connectivity index (χ2n) is 4.99. The van der Waals surface area contributed by atoms with Gasteiger partial charge in [0.25, 0.3) is 0 Å². The molecule has 1 N–H and O–H groups in total. The van der Waals surface area contributed by atoms with Gasteiger partial charge in [0.2, 0.25) is 10.0 Å². The number of carboxylic acid groups (broad SMARTS) is 1. The minimum Gasteiger partial charge on any atom is -0.481 e. The van der Waals surface area contributed by atoms with Crippen molar-refractivity contribution >= 4 is 16.0 Å². The summed E-state index contributed by atoms with van der Waals surface area (Å²) >= 11 is 0. The summed E-state index contributed by atoms with van der Waals surface area (Å²) in [6.45, 7) is -2.00. The van der Waals surface area contributed by atoms with Crippen molar-refractivity contribution in [3.05, 3.63) is 29.8 Å². The first-order valence-electron chi connectivity index (χ1n) is 6.19. The molecule has 0 bridgehead atoms. The third-order valence-electron chi connectivity index (χ3n) is 3.55. The molecular weight excluding hydrogens is 349 g/mol. The van der Waals surface area contributed by atoms with Crippen molar-refractivity contribution in [1.29, 1.82) is 0 Å². The zero-order chi connectivity index (χ0) is 17.6. The van der Waals surface area contributed by atoms with Gasteiger partial charge in [0.1, 0.15) is 0 Å². The van der Waals surface area contributed by atoms with Gasteiger partial charge in [-0.25, -0.2) is 17.2 Å². The van der Waals surface area contributed by atoms with E-state index in [9.17, 15) is 35.2 Å². The molecule has 2 rings (SSSR count). The molecule has 0 aliphatic carbocycles. The van der Waals surface area contributed by atoms with E-state index in [2.05, 4.69) is 0 Å². The van der Waals surface area contributed by atoms with Gasteiger partial charge in [0, 0.05) is 13.1 Å². The predicted molar refractivity (Wildman–Crippen MR) is 65.8 cm³/mol. The van der Waals surface area contributed by atoms with Crippen LogP contribution in [0.4, 0.5) is 22.0 Å². The lowest BCUT2D eigenvalue weighted by molar-refractivity contribution is -0.187. The second-order valence-corrected chi connectivity index (χ2v) is 6.93. The molecule has 0 aromatic heterocycles. The zero-order valence-corrected chi connectivity index (χ0v) is 12.0. The molecular formula is C12H10F5NO4S. The van der Waals surface area contributed by atoms with E-state index in [1.807, 2.05) is 0 Å². The van der Waals surface area contributed by atoms with Crippen molar-refractivity contribution in [3.63, 3.8) is 0 Å². The van der Waals surface area contributed by atoms with Crippen LogP contribution in [0.5, 0.6) is 0 Å². The fourth-order valence-electron chi connectivity index (χ4n) is 2.33. The first kappa shape index (κ1) is 17.6. The van der Waals surface area contributed by atoms with Crippen molar-refractivity contribution in [2.24, 2.45) is 11.8 Å². The Hall–Kier alpha value is -1.75. The van der Waals surface area contributed by atoms with E-state index in [4.69, 9.17) is 5.11 Å². The number of aliphatic carboxylic acids is 1. The largest absolute Gasteiger partial charge is 0.481 e. The first-order chi connectivity index (χ1) is 10.4. The third-order valence-corrected chi connectivity index (χ3v) is 5.38. The van der Waals surface area contributed by atoms with Crippen molar-refractivity contribution in [2.75, 3.05) is 13.1 Å². The van der Waals surface area contributed by atoms with Crippen molar-refractivity contribution in [1.82, 2.24) is 4.31 Å². The number of nitrogens with zero attached hydrogens (tertiary/aromatic N) is 1. The molecule has 128 valence electrons. The molecule has 1 saturated heterocycles. The van der Waals surface area contributed by atoms with Crippen LogP contribution in [0.25, 0.3) is 0 Å². The molecule has 1 aromatic rings. The Balaban J connectivity index is 2.38. The smallest absolute Gasteiger partial charge is 0.393 e. The van der Waals surface area contributed by atoms with Crippen LogP contribution < -0.4 is 0 Å². The zero-order valence-electron chi connectivity index (χ0n) is 11.2. The van der Waals surface area contributed by atoms with Crippen LogP contribution in [0.15, 0.2) is 23.1 Å². The van der Waals surface area contributed by atoms with Crippen LogP contribution in [0.3, 0.4) is 0 Å². The maximum absolute atomic E-state index is 13.1. The highest BCUT2D eigenvalue weighted by atomic mass is 32.2. The second kappa shape index (κ2) is 5.71. The van der Waals surface area contributed by atoms with Crippen LogP contribution in [-0.2, 0) is 14.8 Å². The molecule has 1 heterocycles. The lowest BCUT2D eigenvalue weighted by atomic mass is 9.96. The summed E-state index contributed by atoms with van der Waals surface area (Å²) in [5.41, 5.74) is 0. The summed E-state index contributed by atoms with van der Waals surface area (Å²) in [6.07, 6.45) is -4.90. The fourth-order valence-corrected chi connectivity index (χ4v) is 3.84. The fraction of sp³-hybridized carbons (Fsp3) is 0.417. The van der Waals surface area contributed by atoms with Gasteiger partial charge >= 0.3 is 12.1 Å². The van der Waals surface area contributed by atoms with E-state index in [-0.39, 0.29) is 0 Å². The van der Waals surface area contributed by atoms with Crippen LogP contribution >= 0.6 is 0 Å². The highest BCUT2D eigenvalue weighted by Crippen LogP contribution is 2.39. The molecule has 5 nitrogen and oxygen atoms in total. The molecule has 0 saturated carbocycles. The number of rotatable bonds is 3. The Bertz CT molecular complexity index is 733. The molecule has 23 heavy (non-hydrogen) atoms. The van der Waals surface area contributed by atoms with Gasteiger partial charge in [-0.1, -0.05) is 0 Å². The first-order valence-corrected chi connectivity index (χ1v) is 7.63.